The Balaban J connectivity index is 1.91. The quantitative estimate of drug-likeness (QED) is 0.484. The zero-order valence-corrected chi connectivity index (χ0v) is 16.9. The van der Waals surface area contributed by atoms with Crippen molar-refractivity contribution in [3.63, 3.8) is 0 Å². The van der Waals surface area contributed by atoms with Gasteiger partial charge in [0.15, 0.2) is 11.8 Å². The molecule has 1 saturated heterocycles. The van der Waals surface area contributed by atoms with Crippen molar-refractivity contribution in [3.8, 4) is 11.8 Å². The number of nitriles is 1. The average molecular weight is 407 g/mol. The van der Waals surface area contributed by atoms with Gasteiger partial charge in [0, 0.05) is 25.8 Å². The van der Waals surface area contributed by atoms with Gasteiger partial charge < -0.3 is 9.47 Å². The van der Waals surface area contributed by atoms with Gasteiger partial charge in [-0.3, -0.25) is 9.69 Å². The summed E-state index contributed by atoms with van der Waals surface area (Å²) in [6, 6.07) is 18.8. The SMILES string of the molecule is COCCCN1C(=O)/C(=C/c2ccccc2OCC#N)SC1=Nc1ccccc1. The number of hydrogen-bond acceptors (Lipinski definition) is 6. The molecule has 0 atom stereocenters. The molecule has 0 aromatic heterocycles. The number of carbonyl (C=O) groups excluding carboxylic acids is 1. The maximum absolute atomic E-state index is 13.1. The number of amides is 1. The lowest BCUT2D eigenvalue weighted by Crippen LogP contribution is -2.30. The number of rotatable bonds is 8. The molecule has 148 valence electrons. The van der Waals surface area contributed by atoms with Crippen LogP contribution in [0, 0.1) is 11.3 Å². The minimum absolute atomic E-state index is 0.0505. The Bertz CT molecular complexity index is 951. The predicted octanol–water partition coefficient (Wildman–Crippen LogP) is 4.23. The van der Waals surface area contributed by atoms with Gasteiger partial charge in [0.1, 0.15) is 11.8 Å². The van der Waals surface area contributed by atoms with Crippen LogP contribution in [-0.4, -0.2) is 42.8 Å². The summed E-state index contributed by atoms with van der Waals surface area (Å²) < 4.78 is 10.6. The molecule has 1 fully saturated rings. The molecule has 0 spiro atoms. The van der Waals surface area contributed by atoms with Crippen LogP contribution in [-0.2, 0) is 9.53 Å². The summed E-state index contributed by atoms with van der Waals surface area (Å²) in [4.78, 5) is 20.0. The number of ether oxygens (including phenoxy) is 2. The fourth-order valence-corrected chi connectivity index (χ4v) is 3.77. The molecule has 29 heavy (non-hydrogen) atoms. The van der Waals surface area contributed by atoms with E-state index in [1.807, 2.05) is 54.6 Å². The molecule has 6 nitrogen and oxygen atoms in total. The van der Waals surface area contributed by atoms with Crippen molar-refractivity contribution < 1.29 is 14.3 Å². The average Bonchev–Trinajstić information content (AvgIpc) is 3.03. The summed E-state index contributed by atoms with van der Waals surface area (Å²) in [5, 5.41) is 9.41. The number of methoxy groups -OCH3 is 1. The van der Waals surface area contributed by atoms with Crippen molar-refractivity contribution in [2.75, 3.05) is 26.9 Å². The third-order valence-electron chi connectivity index (χ3n) is 4.10. The van der Waals surface area contributed by atoms with Gasteiger partial charge in [0.2, 0.25) is 0 Å². The molecular formula is C22H21N3O3S. The van der Waals surface area contributed by atoms with Crippen LogP contribution >= 0.6 is 11.8 Å². The zero-order valence-electron chi connectivity index (χ0n) is 16.1. The molecular weight excluding hydrogens is 386 g/mol. The van der Waals surface area contributed by atoms with E-state index in [4.69, 9.17) is 14.7 Å². The Kier molecular flexibility index (Phi) is 7.45. The lowest BCUT2D eigenvalue weighted by molar-refractivity contribution is -0.122. The van der Waals surface area contributed by atoms with Gasteiger partial charge in [-0.25, -0.2) is 4.99 Å². The van der Waals surface area contributed by atoms with Gasteiger partial charge >= 0.3 is 0 Å². The van der Waals surface area contributed by atoms with Crippen molar-refractivity contribution in [2.24, 2.45) is 4.99 Å². The first-order chi connectivity index (χ1) is 14.2. The number of thioether (sulfide) groups is 1. The van der Waals surface area contributed by atoms with Crippen molar-refractivity contribution in [2.45, 2.75) is 6.42 Å². The second-order valence-electron chi connectivity index (χ2n) is 6.13. The predicted molar refractivity (Wildman–Crippen MR) is 115 cm³/mol. The van der Waals surface area contributed by atoms with Crippen LogP contribution < -0.4 is 4.74 Å². The number of para-hydroxylation sites is 2. The Morgan fingerprint density at radius 2 is 1.93 bits per heavy atom. The van der Waals surface area contributed by atoms with E-state index in [1.54, 1.807) is 24.2 Å². The number of carbonyl (C=O) groups is 1. The molecule has 0 radical (unpaired) electrons. The fraction of sp³-hybridized carbons (Fsp3) is 0.227. The highest BCUT2D eigenvalue weighted by Gasteiger charge is 2.33. The number of nitrogens with zero attached hydrogens (tertiary/aromatic N) is 3. The second kappa shape index (κ2) is 10.5. The second-order valence-corrected chi connectivity index (χ2v) is 7.14. The highest BCUT2D eigenvalue weighted by Crippen LogP contribution is 2.35. The number of amidine groups is 1. The minimum atomic E-state index is -0.101. The van der Waals surface area contributed by atoms with Gasteiger partial charge in [0.05, 0.1) is 10.6 Å². The fourth-order valence-electron chi connectivity index (χ4n) is 2.75. The largest absolute Gasteiger partial charge is 0.478 e. The summed E-state index contributed by atoms with van der Waals surface area (Å²) in [7, 11) is 1.64. The molecule has 3 rings (SSSR count). The first-order valence-electron chi connectivity index (χ1n) is 9.16. The van der Waals surface area contributed by atoms with Crippen LogP contribution in [0.1, 0.15) is 12.0 Å². The normalized spacial score (nSPS) is 16.4. The van der Waals surface area contributed by atoms with E-state index in [0.29, 0.717) is 35.4 Å². The number of hydrogen-bond donors (Lipinski definition) is 0. The monoisotopic (exact) mass is 407 g/mol. The first kappa shape index (κ1) is 20.6. The van der Waals surface area contributed by atoms with Crippen LogP contribution in [0.5, 0.6) is 5.75 Å². The highest BCUT2D eigenvalue weighted by molar-refractivity contribution is 8.18. The maximum Gasteiger partial charge on any atom is 0.266 e. The van der Waals surface area contributed by atoms with E-state index in [0.717, 1.165) is 11.3 Å². The topological polar surface area (TPSA) is 74.9 Å². The van der Waals surface area contributed by atoms with Crippen LogP contribution in [0.3, 0.4) is 0 Å². The van der Waals surface area contributed by atoms with Gasteiger partial charge in [-0.05, 0) is 42.5 Å². The van der Waals surface area contributed by atoms with E-state index in [2.05, 4.69) is 4.99 Å². The molecule has 1 heterocycles. The summed E-state index contributed by atoms with van der Waals surface area (Å²) in [5.41, 5.74) is 1.54. The molecule has 0 N–H and O–H groups in total. The summed E-state index contributed by atoms with van der Waals surface area (Å²) >= 11 is 1.33. The number of aliphatic imine (C=N–C) groups is 1. The van der Waals surface area contributed by atoms with E-state index >= 15 is 0 Å². The smallest absolute Gasteiger partial charge is 0.266 e. The van der Waals surface area contributed by atoms with E-state index in [1.165, 1.54) is 11.8 Å². The van der Waals surface area contributed by atoms with Crippen LogP contribution in [0.2, 0.25) is 0 Å². The number of benzene rings is 2. The van der Waals surface area contributed by atoms with Crippen LogP contribution in [0.15, 0.2) is 64.5 Å². The lowest BCUT2D eigenvalue weighted by Gasteiger charge is -2.15. The van der Waals surface area contributed by atoms with E-state index in [-0.39, 0.29) is 12.5 Å². The Hall–Kier alpha value is -3.08. The molecule has 1 amide bonds. The summed E-state index contributed by atoms with van der Waals surface area (Å²) in [5.74, 6) is 0.463. The van der Waals surface area contributed by atoms with Gasteiger partial charge in [-0.15, -0.1) is 0 Å². The zero-order chi connectivity index (χ0) is 20.5. The summed E-state index contributed by atoms with van der Waals surface area (Å²) in [6.07, 6.45) is 2.50. The van der Waals surface area contributed by atoms with E-state index < -0.39 is 0 Å². The van der Waals surface area contributed by atoms with Crippen LogP contribution in [0.4, 0.5) is 5.69 Å². The molecule has 1 aliphatic heterocycles. The maximum atomic E-state index is 13.1. The van der Waals surface area contributed by atoms with Crippen molar-refractivity contribution >= 4 is 34.6 Å². The van der Waals surface area contributed by atoms with Crippen molar-refractivity contribution in [1.29, 1.82) is 5.26 Å². The van der Waals surface area contributed by atoms with E-state index in [9.17, 15) is 4.79 Å². The van der Waals surface area contributed by atoms with Crippen LogP contribution in [0.25, 0.3) is 6.08 Å². The lowest BCUT2D eigenvalue weighted by atomic mass is 10.2. The van der Waals surface area contributed by atoms with Crippen molar-refractivity contribution in [1.82, 2.24) is 4.90 Å². The molecule has 7 heteroatoms. The molecule has 1 aliphatic rings. The molecule has 2 aromatic rings. The van der Waals surface area contributed by atoms with Gasteiger partial charge in [0.25, 0.3) is 5.91 Å². The minimum Gasteiger partial charge on any atom is -0.478 e. The molecule has 0 aliphatic carbocycles. The Morgan fingerprint density at radius 1 is 1.17 bits per heavy atom. The molecule has 0 unspecified atom stereocenters. The standard InChI is InChI=1S/C22H21N3O3S/c1-27-14-7-13-25-21(26)20(29-22(25)24-18-9-3-2-4-10-18)16-17-8-5-6-11-19(17)28-15-12-23/h2-6,8-11,16H,7,13-15H2,1H3/b20-16-,24-22?. The third kappa shape index (κ3) is 5.47. The van der Waals surface area contributed by atoms with Gasteiger partial charge in [-0.1, -0.05) is 36.4 Å². The Morgan fingerprint density at radius 3 is 2.69 bits per heavy atom. The first-order valence-corrected chi connectivity index (χ1v) is 9.97. The molecule has 0 bridgehead atoms. The van der Waals surface area contributed by atoms with Crippen molar-refractivity contribution in [3.05, 3.63) is 65.1 Å². The van der Waals surface area contributed by atoms with Gasteiger partial charge in [-0.2, -0.15) is 5.26 Å². The summed E-state index contributed by atoms with van der Waals surface area (Å²) in [6.45, 7) is 1.04. The highest BCUT2D eigenvalue weighted by atomic mass is 32.2. The molecule has 0 saturated carbocycles. The third-order valence-corrected chi connectivity index (χ3v) is 5.10. The molecule has 2 aromatic carbocycles. The Labute approximate surface area is 174 Å².